The predicted octanol–water partition coefficient (Wildman–Crippen LogP) is 3.78. The zero-order chi connectivity index (χ0) is 21.5. The summed E-state index contributed by atoms with van der Waals surface area (Å²) in [7, 11) is 2.64. The molecule has 10 heteroatoms. The third-order valence-electron chi connectivity index (χ3n) is 3.03. The Morgan fingerprint density at radius 1 is 0.964 bits per heavy atom. The third kappa shape index (κ3) is 11.0. The van der Waals surface area contributed by atoms with Gasteiger partial charge in [-0.1, -0.05) is 41.7 Å². The molecule has 2 aromatic heterocycles. The second kappa shape index (κ2) is 15.0. The average Bonchev–Trinajstić information content (AvgIpc) is 2.72. The van der Waals surface area contributed by atoms with Gasteiger partial charge >= 0.3 is 11.9 Å². The number of ether oxygens (including phenoxy) is 2. The van der Waals surface area contributed by atoms with E-state index in [1.807, 2.05) is 13.0 Å². The first-order chi connectivity index (χ1) is 13.3. The highest BCUT2D eigenvalue weighted by atomic mass is 35.6. The zero-order valence-corrected chi connectivity index (χ0v) is 17.8. The van der Waals surface area contributed by atoms with Gasteiger partial charge in [0.2, 0.25) is 0 Å². The molecule has 0 saturated heterocycles. The highest BCUT2D eigenvalue weighted by Crippen LogP contribution is 2.04. The Morgan fingerprint density at radius 2 is 1.36 bits per heavy atom. The van der Waals surface area contributed by atoms with Crippen molar-refractivity contribution in [3.8, 4) is 0 Å². The van der Waals surface area contributed by atoms with Gasteiger partial charge in [0.25, 0.3) is 0 Å². The number of aryl methyl sites for hydroxylation is 1. The van der Waals surface area contributed by atoms with Crippen molar-refractivity contribution >= 4 is 46.7 Å². The minimum atomic E-state index is -0.750. The number of halogens is 3. The van der Waals surface area contributed by atoms with Gasteiger partial charge < -0.3 is 14.6 Å². The Labute approximate surface area is 178 Å². The summed E-state index contributed by atoms with van der Waals surface area (Å²) in [6.07, 6.45) is 3.97. The van der Waals surface area contributed by atoms with Crippen molar-refractivity contribution in [2.75, 3.05) is 14.2 Å². The molecule has 0 aliphatic rings. The van der Waals surface area contributed by atoms with E-state index in [9.17, 15) is 9.59 Å². The van der Waals surface area contributed by atoms with E-state index in [0.29, 0.717) is 11.3 Å². The van der Waals surface area contributed by atoms with Crippen LogP contribution in [0.5, 0.6) is 0 Å². The number of aliphatic hydroxyl groups is 1. The molecule has 2 heterocycles. The maximum Gasteiger partial charge on any atom is 0.356 e. The summed E-state index contributed by atoms with van der Waals surface area (Å²) in [4.78, 5) is 29.6. The number of carbonyl (C=O) groups is 2. The quantitative estimate of drug-likeness (QED) is 0.558. The highest BCUT2D eigenvalue weighted by Gasteiger charge is 2.06. The number of methoxy groups -OCH3 is 2. The minimum Gasteiger partial charge on any atom is -0.464 e. The molecule has 0 unspecified atom stereocenters. The maximum atomic E-state index is 11.0. The van der Waals surface area contributed by atoms with Crippen LogP contribution < -0.4 is 0 Å². The van der Waals surface area contributed by atoms with Crippen molar-refractivity contribution in [3.63, 3.8) is 0 Å². The second-order valence-corrected chi connectivity index (χ2v) is 6.82. The number of hydrogen-bond donors (Lipinski definition) is 1. The van der Waals surface area contributed by atoms with E-state index in [4.69, 9.17) is 39.9 Å². The molecule has 0 aliphatic carbocycles. The molecule has 0 atom stereocenters. The topological polar surface area (TPSA) is 98.6 Å². The number of esters is 2. The molecule has 0 saturated carbocycles. The first-order valence-electron chi connectivity index (χ1n) is 7.88. The van der Waals surface area contributed by atoms with Crippen LogP contribution >= 0.6 is 34.8 Å². The van der Waals surface area contributed by atoms with Gasteiger partial charge in [-0.25, -0.2) is 19.6 Å². The molecule has 0 aromatic carbocycles. The second-order valence-electron chi connectivity index (χ2n) is 4.84. The first-order valence-corrected chi connectivity index (χ1v) is 9.19. The minimum absolute atomic E-state index is 0.105. The Kier molecular flexibility index (Phi) is 14.0. The monoisotopic (exact) mass is 450 g/mol. The zero-order valence-electron chi connectivity index (χ0n) is 15.6. The lowest BCUT2D eigenvalue weighted by atomic mass is 10.2. The van der Waals surface area contributed by atoms with Gasteiger partial charge in [-0.15, -0.1) is 0 Å². The first kappa shape index (κ1) is 26.1. The number of hydrogen-bond acceptors (Lipinski definition) is 7. The van der Waals surface area contributed by atoms with Gasteiger partial charge in [-0.05, 0) is 41.8 Å². The number of nitrogens with zero attached hydrogens (tertiary/aromatic N) is 2. The fraction of sp³-hybridized carbons (Fsp3) is 0.333. The molecule has 0 bridgehead atoms. The van der Waals surface area contributed by atoms with E-state index in [1.165, 1.54) is 26.5 Å². The van der Waals surface area contributed by atoms with Gasteiger partial charge in [-0.3, -0.25) is 0 Å². The van der Waals surface area contributed by atoms with Gasteiger partial charge in [0, 0.05) is 12.4 Å². The Morgan fingerprint density at radius 3 is 1.71 bits per heavy atom. The van der Waals surface area contributed by atoms with Crippen LogP contribution in [0.1, 0.15) is 39.0 Å². The van der Waals surface area contributed by atoms with Crippen LogP contribution in [-0.4, -0.2) is 45.5 Å². The standard InChI is InChI=1S/C9H11NO2.C8H9NO3.CHCl3/c1-3-7-4-5-10-8(6-7)9(11)12-2;1-12-8(11)7-4-6(5-10)2-3-9-7;2-1(3)4/h4-6H,3H2,1-2H3;2-4,10H,5H2,1H3;1H. The van der Waals surface area contributed by atoms with E-state index >= 15 is 0 Å². The van der Waals surface area contributed by atoms with Crippen LogP contribution in [0.3, 0.4) is 0 Å². The molecule has 0 radical (unpaired) electrons. The predicted molar refractivity (Wildman–Crippen MR) is 108 cm³/mol. The molecular formula is C18H21Cl3N2O5. The normalized spacial score (nSPS) is 9.43. The van der Waals surface area contributed by atoms with Crippen molar-refractivity contribution in [2.45, 2.75) is 24.2 Å². The summed E-state index contributed by atoms with van der Waals surface area (Å²) in [6.45, 7) is 1.92. The Balaban J connectivity index is 0.000000439. The molecule has 1 N–H and O–H groups in total. The highest BCUT2D eigenvalue weighted by molar-refractivity contribution is 6.63. The van der Waals surface area contributed by atoms with Crippen molar-refractivity contribution in [2.24, 2.45) is 0 Å². The third-order valence-corrected chi connectivity index (χ3v) is 3.03. The van der Waals surface area contributed by atoms with Crippen LogP contribution in [0.25, 0.3) is 0 Å². The molecule has 0 amide bonds. The number of rotatable bonds is 4. The van der Waals surface area contributed by atoms with Crippen molar-refractivity contribution in [1.29, 1.82) is 0 Å². The summed E-state index contributed by atoms with van der Waals surface area (Å²) < 4.78 is 8.24. The molecule has 0 fully saturated rings. The van der Waals surface area contributed by atoms with Crippen LogP contribution in [0, 0.1) is 0 Å². The van der Waals surface area contributed by atoms with Crippen molar-refractivity contribution in [3.05, 3.63) is 59.2 Å². The van der Waals surface area contributed by atoms with Gasteiger partial charge in [0.1, 0.15) is 11.4 Å². The molecule has 0 spiro atoms. The molecule has 154 valence electrons. The summed E-state index contributed by atoms with van der Waals surface area (Å²) in [5, 5.41) is 8.74. The summed E-state index contributed by atoms with van der Waals surface area (Å²) in [5.41, 5.74) is 2.32. The Hall–Kier alpha value is -1.93. The fourth-order valence-corrected chi connectivity index (χ4v) is 1.70. The SMILES string of the molecule is CCc1ccnc(C(=O)OC)c1.COC(=O)c1cc(CO)ccn1.ClC(Cl)Cl. The summed E-state index contributed by atoms with van der Waals surface area (Å²) >= 11 is 14.4. The number of carbonyl (C=O) groups excluding carboxylic acids is 2. The lowest BCUT2D eigenvalue weighted by Gasteiger charge is -1.99. The lowest BCUT2D eigenvalue weighted by molar-refractivity contribution is 0.0585. The van der Waals surface area contributed by atoms with Gasteiger partial charge in [0.15, 0.2) is 4.30 Å². The number of aromatic nitrogens is 2. The van der Waals surface area contributed by atoms with Crippen LogP contribution in [0.15, 0.2) is 36.7 Å². The smallest absolute Gasteiger partial charge is 0.356 e. The summed E-state index contributed by atoms with van der Waals surface area (Å²) in [6, 6.07) is 6.75. The maximum absolute atomic E-state index is 11.0. The number of pyridine rings is 2. The van der Waals surface area contributed by atoms with Crippen LogP contribution in [0.4, 0.5) is 0 Å². The molecule has 7 nitrogen and oxygen atoms in total. The largest absolute Gasteiger partial charge is 0.464 e. The van der Waals surface area contributed by atoms with Gasteiger partial charge in [-0.2, -0.15) is 0 Å². The average molecular weight is 452 g/mol. The fourth-order valence-electron chi connectivity index (χ4n) is 1.70. The summed E-state index contributed by atoms with van der Waals surface area (Å²) in [5.74, 6) is -0.879. The van der Waals surface area contributed by atoms with E-state index in [1.54, 1.807) is 18.3 Å². The van der Waals surface area contributed by atoms with Gasteiger partial charge in [0.05, 0.1) is 20.8 Å². The van der Waals surface area contributed by atoms with E-state index in [0.717, 1.165) is 12.0 Å². The Bertz CT molecular complexity index is 682. The number of alkyl halides is 3. The van der Waals surface area contributed by atoms with Crippen LogP contribution in [0.2, 0.25) is 0 Å². The number of aliphatic hydroxyl groups excluding tert-OH is 1. The van der Waals surface area contributed by atoms with Crippen molar-refractivity contribution in [1.82, 2.24) is 9.97 Å². The van der Waals surface area contributed by atoms with Crippen molar-refractivity contribution < 1.29 is 24.2 Å². The molecular weight excluding hydrogens is 431 g/mol. The van der Waals surface area contributed by atoms with E-state index < -0.39 is 10.3 Å². The van der Waals surface area contributed by atoms with E-state index in [-0.39, 0.29) is 18.3 Å². The lowest BCUT2D eigenvalue weighted by Crippen LogP contribution is -2.04. The van der Waals surface area contributed by atoms with Crippen LogP contribution in [-0.2, 0) is 22.5 Å². The molecule has 0 aliphatic heterocycles. The molecule has 2 rings (SSSR count). The van der Waals surface area contributed by atoms with E-state index in [2.05, 4.69) is 19.4 Å². The molecule has 2 aromatic rings. The molecule has 28 heavy (non-hydrogen) atoms.